The zero-order chi connectivity index (χ0) is 19.3. The second-order valence-electron chi connectivity index (χ2n) is 6.50. The number of carbonyl (C=O) groups is 1. The number of carbonyl (C=O) groups excluding carboxylic acids is 1. The van der Waals surface area contributed by atoms with Crippen LogP contribution in [-0.2, 0) is 4.74 Å². The van der Waals surface area contributed by atoms with Crippen LogP contribution in [0.1, 0.15) is 27.7 Å². The molecule has 1 aromatic heterocycles. The topological polar surface area (TPSA) is 103 Å². The second-order valence-corrected chi connectivity index (χ2v) is 6.50. The Labute approximate surface area is 162 Å². The number of nitriles is 1. The van der Waals surface area contributed by atoms with Crippen LogP contribution in [0, 0.1) is 11.3 Å². The number of amides is 1. The summed E-state index contributed by atoms with van der Waals surface area (Å²) in [7, 11) is 0. The van der Waals surface area contributed by atoms with Crippen molar-refractivity contribution in [1.29, 1.82) is 5.26 Å². The highest BCUT2D eigenvalue weighted by Crippen LogP contribution is 2.22. The highest BCUT2D eigenvalue weighted by Gasteiger charge is 2.16. The molecule has 1 aliphatic heterocycles. The third-order valence-corrected chi connectivity index (χ3v) is 4.58. The maximum absolute atomic E-state index is 12.5. The highest BCUT2D eigenvalue weighted by atomic mass is 16.5. The van der Waals surface area contributed by atoms with Gasteiger partial charge in [0.2, 0.25) is 0 Å². The zero-order valence-corrected chi connectivity index (χ0v) is 15.1. The number of aromatic amines is 1. The van der Waals surface area contributed by atoms with Crippen molar-refractivity contribution in [3.8, 4) is 17.3 Å². The van der Waals surface area contributed by atoms with Crippen molar-refractivity contribution in [1.82, 2.24) is 15.5 Å². The highest BCUT2D eigenvalue weighted by molar-refractivity contribution is 6.03. The number of anilines is 1. The molecule has 1 atom stereocenters. The van der Waals surface area contributed by atoms with Crippen LogP contribution >= 0.6 is 0 Å². The second kappa shape index (κ2) is 8.05. The maximum Gasteiger partial charge on any atom is 0.276 e. The molecule has 1 saturated heterocycles. The smallest absolute Gasteiger partial charge is 0.276 e. The third-order valence-electron chi connectivity index (χ3n) is 4.58. The zero-order valence-electron chi connectivity index (χ0n) is 15.1. The summed E-state index contributed by atoms with van der Waals surface area (Å²) >= 11 is 0. The number of hydrogen-bond donors (Lipinski definition) is 3. The molecule has 4 rings (SSSR count). The van der Waals surface area contributed by atoms with E-state index in [4.69, 9.17) is 10.00 Å². The number of hydrogen-bond acceptors (Lipinski definition) is 5. The Bertz CT molecular complexity index is 1010. The van der Waals surface area contributed by atoms with Gasteiger partial charge in [-0.2, -0.15) is 10.4 Å². The lowest BCUT2D eigenvalue weighted by molar-refractivity contribution is 0.0277. The quantitative estimate of drug-likeness (QED) is 0.653. The van der Waals surface area contributed by atoms with E-state index in [1.165, 1.54) is 0 Å². The van der Waals surface area contributed by atoms with Crippen molar-refractivity contribution in [2.24, 2.45) is 0 Å². The standard InChI is InChI=1S/C21H19N5O2/c22-12-14-2-1-3-16(10-14)18-11-19(26-25-18)21(27)24-17-6-4-15(5-7-17)20-13-23-8-9-28-20/h1-7,10-11,20,23H,8-9,13H2,(H,24,27)(H,25,26)/t20-/m1/s1. The summed E-state index contributed by atoms with van der Waals surface area (Å²) in [5.74, 6) is -0.303. The van der Waals surface area contributed by atoms with E-state index in [1.54, 1.807) is 24.3 Å². The Balaban J connectivity index is 1.44. The van der Waals surface area contributed by atoms with Crippen molar-refractivity contribution < 1.29 is 9.53 Å². The third kappa shape index (κ3) is 3.93. The average molecular weight is 373 g/mol. The fourth-order valence-electron chi connectivity index (χ4n) is 3.10. The Kier molecular flexibility index (Phi) is 5.15. The van der Waals surface area contributed by atoms with Crippen LogP contribution in [0.3, 0.4) is 0 Å². The van der Waals surface area contributed by atoms with Crippen LogP contribution in [-0.4, -0.2) is 35.8 Å². The molecular weight excluding hydrogens is 354 g/mol. The van der Waals surface area contributed by atoms with Gasteiger partial charge in [-0.25, -0.2) is 0 Å². The average Bonchev–Trinajstić information content (AvgIpc) is 3.25. The largest absolute Gasteiger partial charge is 0.371 e. The van der Waals surface area contributed by atoms with Crippen LogP contribution in [0.25, 0.3) is 11.3 Å². The number of aromatic nitrogens is 2. The molecule has 2 heterocycles. The molecule has 1 fully saturated rings. The molecule has 1 aliphatic rings. The summed E-state index contributed by atoms with van der Waals surface area (Å²) in [6.45, 7) is 2.35. The summed E-state index contributed by atoms with van der Waals surface area (Å²) in [6, 6.07) is 18.5. The normalized spacial score (nSPS) is 16.3. The van der Waals surface area contributed by atoms with Crippen molar-refractivity contribution in [3.63, 3.8) is 0 Å². The van der Waals surface area contributed by atoms with Crippen molar-refractivity contribution in [2.45, 2.75) is 6.10 Å². The van der Waals surface area contributed by atoms with E-state index in [0.717, 1.165) is 24.2 Å². The number of morpholine rings is 1. The van der Waals surface area contributed by atoms with Gasteiger partial charge in [0, 0.05) is 24.3 Å². The molecule has 0 saturated carbocycles. The predicted molar refractivity (Wildman–Crippen MR) is 105 cm³/mol. The molecule has 140 valence electrons. The molecular formula is C21H19N5O2. The van der Waals surface area contributed by atoms with E-state index < -0.39 is 0 Å². The first-order valence-electron chi connectivity index (χ1n) is 9.02. The number of rotatable bonds is 4. The number of ether oxygens (including phenoxy) is 1. The van der Waals surface area contributed by atoms with Gasteiger partial charge < -0.3 is 15.4 Å². The van der Waals surface area contributed by atoms with Gasteiger partial charge in [-0.05, 0) is 35.9 Å². The van der Waals surface area contributed by atoms with Crippen molar-refractivity contribution in [3.05, 3.63) is 71.4 Å². The first-order valence-corrected chi connectivity index (χ1v) is 9.02. The summed E-state index contributed by atoms with van der Waals surface area (Å²) in [5, 5.41) is 22.1. The van der Waals surface area contributed by atoms with Crippen LogP contribution in [0.5, 0.6) is 0 Å². The lowest BCUT2D eigenvalue weighted by atomic mass is 10.1. The maximum atomic E-state index is 12.5. The predicted octanol–water partition coefficient (Wildman–Crippen LogP) is 2.86. The first kappa shape index (κ1) is 17.9. The molecule has 3 N–H and O–H groups in total. The number of nitrogens with one attached hydrogen (secondary N) is 3. The Morgan fingerprint density at radius 3 is 2.82 bits per heavy atom. The van der Waals surface area contributed by atoms with Gasteiger partial charge in [-0.3, -0.25) is 9.89 Å². The SMILES string of the molecule is N#Cc1cccc(-c2cc(C(=O)Nc3ccc([C@H]4CNCCO4)cc3)n[nH]2)c1. The molecule has 3 aromatic rings. The van der Waals surface area contributed by atoms with Gasteiger partial charge in [0.25, 0.3) is 5.91 Å². The lowest BCUT2D eigenvalue weighted by Gasteiger charge is -2.24. The Hall–Kier alpha value is -3.47. The monoisotopic (exact) mass is 373 g/mol. The Morgan fingerprint density at radius 1 is 1.21 bits per heavy atom. The molecule has 7 nitrogen and oxygen atoms in total. The molecule has 0 radical (unpaired) electrons. The number of H-pyrrole nitrogens is 1. The van der Waals surface area contributed by atoms with E-state index in [0.29, 0.717) is 23.6 Å². The summed E-state index contributed by atoms with van der Waals surface area (Å²) in [5.41, 5.74) is 4.07. The van der Waals surface area contributed by atoms with Gasteiger partial charge in [0.15, 0.2) is 5.69 Å². The minimum absolute atomic E-state index is 0.0385. The van der Waals surface area contributed by atoms with Gasteiger partial charge in [-0.15, -0.1) is 0 Å². The van der Waals surface area contributed by atoms with E-state index in [1.807, 2.05) is 30.3 Å². The van der Waals surface area contributed by atoms with Gasteiger partial charge in [-0.1, -0.05) is 24.3 Å². The lowest BCUT2D eigenvalue weighted by Crippen LogP contribution is -2.33. The Morgan fingerprint density at radius 2 is 2.07 bits per heavy atom. The van der Waals surface area contributed by atoms with Crippen molar-refractivity contribution in [2.75, 3.05) is 25.0 Å². The summed E-state index contributed by atoms with van der Waals surface area (Å²) in [6.07, 6.45) is 0.0385. The molecule has 0 unspecified atom stereocenters. The van der Waals surface area contributed by atoms with E-state index in [-0.39, 0.29) is 17.7 Å². The van der Waals surface area contributed by atoms with E-state index in [2.05, 4.69) is 26.9 Å². The summed E-state index contributed by atoms with van der Waals surface area (Å²) in [4.78, 5) is 12.5. The molecule has 7 heteroatoms. The van der Waals surface area contributed by atoms with Gasteiger partial charge in [0.1, 0.15) is 0 Å². The summed E-state index contributed by atoms with van der Waals surface area (Å²) < 4.78 is 5.73. The van der Waals surface area contributed by atoms with Crippen LogP contribution in [0.4, 0.5) is 5.69 Å². The minimum Gasteiger partial charge on any atom is -0.371 e. The fourth-order valence-corrected chi connectivity index (χ4v) is 3.10. The molecule has 1 amide bonds. The van der Waals surface area contributed by atoms with E-state index >= 15 is 0 Å². The first-order chi connectivity index (χ1) is 13.7. The van der Waals surface area contributed by atoms with Crippen molar-refractivity contribution >= 4 is 11.6 Å². The number of nitrogens with zero attached hydrogens (tertiary/aromatic N) is 2. The molecule has 0 spiro atoms. The molecule has 0 bridgehead atoms. The van der Waals surface area contributed by atoms with Gasteiger partial charge >= 0.3 is 0 Å². The fraction of sp³-hybridized carbons (Fsp3) is 0.190. The molecule has 28 heavy (non-hydrogen) atoms. The van der Waals surface area contributed by atoms with Gasteiger partial charge in [0.05, 0.1) is 30.0 Å². The molecule has 2 aromatic carbocycles. The minimum atomic E-state index is -0.303. The van der Waals surface area contributed by atoms with E-state index in [9.17, 15) is 4.79 Å². The van der Waals surface area contributed by atoms with Crippen LogP contribution in [0.15, 0.2) is 54.6 Å². The van der Waals surface area contributed by atoms with Crippen LogP contribution < -0.4 is 10.6 Å². The molecule has 0 aliphatic carbocycles. The van der Waals surface area contributed by atoms with Crippen LogP contribution in [0.2, 0.25) is 0 Å². The number of benzene rings is 2.